The van der Waals surface area contributed by atoms with E-state index in [0.717, 1.165) is 23.6 Å². The van der Waals surface area contributed by atoms with Crippen LogP contribution >= 0.6 is 0 Å². The summed E-state index contributed by atoms with van der Waals surface area (Å²) >= 11 is 0. The molecule has 4 rings (SSSR count). The lowest BCUT2D eigenvalue weighted by Crippen LogP contribution is -2.36. The van der Waals surface area contributed by atoms with Crippen molar-refractivity contribution in [2.45, 2.75) is 57.6 Å². The lowest BCUT2D eigenvalue weighted by molar-refractivity contribution is 0.0553. The number of nitrogens with zero attached hydrogens (tertiary/aromatic N) is 1. The summed E-state index contributed by atoms with van der Waals surface area (Å²) in [6, 6.07) is 20.0. The van der Waals surface area contributed by atoms with Gasteiger partial charge in [0.15, 0.2) is 0 Å². The van der Waals surface area contributed by atoms with Crippen LogP contribution in [0.15, 0.2) is 60.7 Å². The van der Waals surface area contributed by atoms with Crippen molar-refractivity contribution in [3.8, 4) is 0 Å². The average molecular weight is 364 g/mol. The molecule has 0 heterocycles. The third kappa shape index (κ3) is 4.52. The molecule has 1 amide bonds. The lowest BCUT2D eigenvalue weighted by Gasteiger charge is -2.30. The van der Waals surface area contributed by atoms with Crippen LogP contribution in [0.4, 0.5) is 10.5 Å². The molecule has 3 atom stereocenters. The van der Waals surface area contributed by atoms with Crippen LogP contribution in [0.1, 0.15) is 50.5 Å². The van der Waals surface area contributed by atoms with Gasteiger partial charge in [-0.25, -0.2) is 4.79 Å². The minimum atomic E-state index is -0.209. The SMILES string of the molecule is O=C(OC1CCC2CCCC1CC2)N(Cc1ccccc1)c1ccccc1. The molecule has 142 valence electrons. The van der Waals surface area contributed by atoms with E-state index >= 15 is 0 Å². The maximum Gasteiger partial charge on any atom is 0.414 e. The number of anilines is 1. The fraction of sp³-hybridized carbons (Fsp3) is 0.458. The van der Waals surface area contributed by atoms with Crippen molar-refractivity contribution >= 4 is 11.8 Å². The second-order valence-corrected chi connectivity index (χ2v) is 8.04. The summed E-state index contributed by atoms with van der Waals surface area (Å²) in [5.41, 5.74) is 2.00. The van der Waals surface area contributed by atoms with Gasteiger partial charge in [0.05, 0.1) is 6.54 Å². The van der Waals surface area contributed by atoms with E-state index in [1.165, 1.54) is 38.5 Å². The van der Waals surface area contributed by atoms with E-state index < -0.39 is 0 Å². The number of ether oxygens (including phenoxy) is 1. The van der Waals surface area contributed by atoms with Crippen LogP contribution in [0.5, 0.6) is 0 Å². The number of hydrogen-bond donors (Lipinski definition) is 0. The summed E-state index contributed by atoms with van der Waals surface area (Å²) in [5.74, 6) is 1.38. The molecule has 0 radical (unpaired) electrons. The Morgan fingerprint density at radius 3 is 2.33 bits per heavy atom. The van der Waals surface area contributed by atoms with Crippen LogP contribution in [0.2, 0.25) is 0 Å². The number of hydrogen-bond acceptors (Lipinski definition) is 2. The predicted octanol–water partition coefficient (Wildman–Crippen LogP) is 6.19. The molecule has 0 N–H and O–H groups in total. The van der Waals surface area contributed by atoms with Crippen molar-refractivity contribution in [1.82, 2.24) is 0 Å². The molecule has 27 heavy (non-hydrogen) atoms. The van der Waals surface area contributed by atoms with E-state index in [1.807, 2.05) is 48.5 Å². The standard InChI is InChI=1S/C24H29NO2/c26-24(27-23-17-15-19-10-7-11-21(23)16-14-19)25(22-12-5-2-6-13-22)18-20-8-3-1-4-9-20/h1-6,8-9,12-13,19,21,23H,7,10-11,14-18H2. The first kappa shape index (κ1) is 18.1. The van der Waals surface area contributed by atoms with E-state index in [0.29, 0.717) is 12.5 Å². The van der Waals surface area contributed by atoms with Crippen molar-refractivity contribution in [3.05, 3.63) is 66.2 Å². The second kappa shape index (κ2) is 8.60. The van der Waals surface area contributed by atoms with Gasteiger partial charge in [0.1, 0.15) is 6.10 Å². The number of benzene rings is 2. The molecule has 2 aliphatic carbocycles. The van der Waals surface area contributed by atoms with Gasteiger partial charge in [0, 0.05) is 5.69 Å². The van der Waals surface area contributed by atoms with Gasteiger partial charge in [-0.3, -0.25) is 4.90 Å². The summed E-state index contributed by atoms with van der Waals surface area (Å²) in [7, 11) is 0. The third-order valence-electron chi connectivity index (χ3n) is 6.24. The maximum atomic E-state index is 13.2. The number of fused-ring (bicyclic) bond motifs is 3. The highest BCUT2D eigenvalue weighted by Gasteiger charge is 2.33. The minimum absolute atomic E-state index is 0.0739. The fourth-order valence-corrected chi connectivity index (χ4v) is 4.69. The van der Waals surface area contributed by atoms with Crippen molar-refractivity contribution in [1.29, 1.82) is 0 Å². The Labute approximate surface area is 162 Å². The second-order valence-electron chi connectivity index (χ2n) is 8.04. The molecule has 2 saturated carbocycles. The summed E-state index contributed by atoms with van der Waals surface area (Å²) in [6.07, 6.45) is 8.48. The highest BCUT2D eigenvalue weighted by atomic mass is 16.6. The number of rotatable bonds is 4. The van der Waals surface area contributed by atoms with Crippen LogP contribution in [-0.4, -0.2) is 12.2 Å². The molecule has 0 spiro atoms. The Bertz CT molecular complexity index is 731. The topological polar surface area (TPSA) is 29.5 Å². The molecule has 0 aromatic heterocycles. The van der Waals surface area contributed by atoms with Crippen molar-refractivity contribution in [3.63, 3.8) is 0 Å². The summed E-state index contributed by atoms with van der Waals surface area (Å²) in [5, 5.41) is 0. The first-order valence-electron chi connectivity index (χ1n) is 10.4. The van der Waals surface area contributed by atoms with Gasteiger partial charge in [-0.15, -0.1) is 0 Å². The van der Waals surface area contributed by atoms with Gasteiger partial charge in [-0.1, -0.05) is 67.8 Å². The molecule has 3 heteroatoms. The molecule has 0 aliphatic heterocycles. The number of carbonyl (C=O) groups excluding carboxylic acids is 1. The molecule has 2 bridgehead atoms. The van der Waals surface area contributed by atoms with Crippen molar-refractivity contribution < 1.29 is 9.53 Å². The molecular formula is C24H29NO2. The largest absolute Gasteiger partial charge is 0.446 e. The third-order valence-corrected chi connectivity index (χ3v) is 6.24. The van der Waals surface area contributed by atoms with Crippen LogP contribution in [-0.2, 0) is 11.3 Å². The monoisotopic (exact) mass is 363 g/mol. The highest BCUT2D eigenvalue weighted by molar-refractivity contribution is 5.87. The van der Waals surface area contributed by atoms with Crippen LogP contribution in [0, 0.1) is 11.8 Å². The molecular weight excluding hydrogens is 334 g/mol. The Balaban J connectivity index is 1.51. The zero-order valence-corrected chi connectivity index (χ0v) is 15.9. The van der Waals surface area contributed by atoms with Gasteiger partial charge in [-0.2, -0.15) is 0 Å². The maximum absolute atomic E-state index is 13.2. The molecule has 3 nitrogen and oxygen atoms in total. The zero-order valence-electron chi connectivity index (χ0n) is 15.9. The normalized spacial score (nSPS) is 24.7. The van der Waals surface area contributed by atoms with Crippen LogP contribution in [0.25, 0.3) is 0 Å². The van der Waals surface area contributed by atoms with Gasteiger partial charge in [-0.05, 0) is 55.2 Å². The first-order chi connectivity index (χ1) is 13.3. The molecule has 3 unspecified atom stereocenters. The Morgan fingerprint density at radius 2 is 1.56 bits per heavy atom. The summed E-state index contributed by atoms with van der Waals surface area (Å²) in [4.78, 5) is 15.0. The Hall–Kier alpha value is -2.29. The van der Waals surface area contributed by atoms with Crippen LogP contribution < -0.4 is 4.90 Å². The summed E-state index contributed by atoms with van der Waals surface area (Å²) in [6.45, 7) is 0.531. The molecule has 2 aromatic carbocycles. The van der Waals surface area contributed by atoms with Crippen LogP contribution in [0.3, 0.4) is 0 Å². The number of amides is 1. The first-order valence-corrected chi connectivity index (χ1v) is 10.4. The molecule has 2 aromatic rings. The average Bonchev–Trinajstić information content (AvgIpc) is 3.05. The lowest BCUT2D eigenvalue weighted by atomic mass is 9.90. The smallest absolute Gasteiger partial charge is 0.414 e. The van der Waals surface area contributed by atoms with Gasteiger partial charge in [0.2, 0.25) is 0 Å². The molecule has 2 fully saturated rings. The highest BCUT2D eigenvalue weighted by Crippen LogP contribution is 2.39. The quantitative estimate of drug-likeness (QED) is 0.648. The fourth-order valence-electron chi connectivity index (χ4n) is 4.69. The van der Waals surface area contributed by atoms with Gasteiger partial charge >= 0.3 is 6.09 Å². The van der Waals surface area contributed by atoms with E-state index in [2.05, 4.69) is 12.1 Å². The van der Waals surface area contributed by atoms with E-state index in [-0.39, 0.29) is 12.2 Å². The zero-order chi connectivity index (χ0) is 18.5. The van der Waals surface area contributed by atoms with E-state index in [1.54, 1.807) is 4.90 Å². The van der Waals surface area contributed by atoms with Crippen molar-refractivity contribution in [2.24, 2.45) is 11.8 Å². The predicted molar refractivity (Wildman–Crippen MR) is 109 cm³/mol. The number of para-hydroxylation sites is 1. The summed E-state index contributed by atoms with van der Waals surface area (Å²) < 4.78 is 6.13. The molecule has 2 aliphatic rings. The van der Waals surface area contributed by atoms with E-state index in [9.17, 15) is 4.79 Å². The van der Waals surface area contributed by atoms with Gasteiger partial charge in [0.25, 0.3) is 0 Å². The van der Waals surface area contributed by atoms with Gasteiger partial charge < -0.3 is 4.74 Å². The van der Waals surface area contributed by atoms with E-state index in [4.69, 9.17) is 4.74 Å². The number of carbonyl (C=O) groups is 1. The minimum Gasteiger partial charge on any atom is -0.446 e. The van der Waals surface area contributed by atoms with Crippen molar-refractivity contribution in [2.75, 3.05) is 4.90 Å². The Kier molecular flexibility index (Phi) is 5.76. The molecule has 0 saturated heterocycles. The Morgan fingerprint density at radius 1 is 0.852 bits per heavy atom.